The number of morpholine rings is 1. The Hall–Kier alpha value is -1.18. The van der Waals surface area contributed by atoms with Crippen LogP contribution >= 0.6 is 0 Å². The van der Waals surface area contributed by atoms with E-state index in [0.29, 0.717) is 39.5 Å². The molecule has 2 amide bonds. The molecule has 0 radical (unpaired) electrons. The van der Waals surface area contributed by atoms with Gasteiger partial charge in [-0.3, -0.25) is 14.5 Å². The lowest BCUT2D eigenvalue weighted by molar-refractivity contribution is -0.176. The van der Waals surface area contributed by atoms with Crippen LogP contribution in [0.25, 0.3) is 0 Å². The van der Waals surface area contributed by atoms with Crippen molar-refractivity contribution in [2.24, 2.45) is 0 Å². The number of nitrogens with one attached hydrogen (secondary N) is 1. The fourth-order valence-electron chi connectivity index (χ4n) is 3.49. The van der Waals surface area contributed by atoms with Crippen molar-refractivity contribution in [3.8, 4) is 0 Å². The van der Waals surface area contributed by atoms with Gasteiger partial charge in [0, 0.05) is 26.7 Å². The van der Waals surface area contributed by atoms with Gasteiger partial charge in [0.05, 0.1) is 32.5 Å². The van der Waals surface area contributed by atoms with E-state index in [4.69, 9.17) is 9.47 Å². The molecule has 0 unspecified atom stereocenters. The van der Waals surface area contributed by atoms with Crippen LogP contribution in [0.4, 0.5) is 0 Å². The molecule has 3 aliphatic rings. The molecule has 0 aromatic carbocycles. The summed E-state index contributed by atoms with van der Waals surface area (Å²) in [7, 11) is 1.64. The lowest BCUT2D eigenvalue weighted by Crippen LogP contribution is -2.72. The second-order valence-corrected chi connectivity index (χ2v) is 5.89. The standard InChI is InChI=1S/C14H23N3O4/c1-15-13(19)14(9-21-10-14)17-4-2-3-11(17)12(18)16-5-7-20-8-6-16/h11H,2-10H2,1H3,(H,15,19)/t11-/m0/s1. The molecule has 21 heavy (non-hydrogen) atoms. The quantitative estimate of drug-likeness (QED) is 0.710. The van der Waals surface area contributed by atoms with E-state index in [1.54, 1.807) is 7.05 Å². The Kier molecular flexibility index (Phi) is 4.14. The van der Waals surface area contributed by atoms with Gasteiger partial charge in [0.15, 0.2) is 0 Å². The normalized spacial score (nSPS) is 29.0. The molecule has 0 aromatic rings. The third-order valence-electron chi connectivity index (χ3n) is 4.74. The van der Waals surface area contributed by atoms with Crippen LogP contribution in [0.3, 0.4) is 0 Å². The Morgan fingerprint density at radius 3 is 2.43 bits per heavy atom. The average molecular weight is 297 g/mol. The average Bonchev–Trinajstić information content (AvgIpc) is 2.95. The van der Waals surface area contributed by atoms with Gasteiger partial charge in [-0.1, -0.05) is 0 Å². The molecule has 7 heteroatoms. The van der Waals surface area contributed by atoms with Gasteiger partial charge < -0.3 is 19.7 Å². The fraction of sp³-hybridized carbons (Fsp3) is 0.857. The van der Waals surface area contributed by atoms with Crippen molar-refractivity contribution in [1.82, 2.24) is 15.1 Å². The summed E-state index contributed by atoms with van der Waals surface area (Å²) in [6.45, 7) is 4.01. The maximum atomic E-state index is 12.8. The molecule has 3 aliphatic heterocycles. The number of likely N-dealkylation sites (tertiary alicyclic amines) is 1. The SMILES string of the molecule is CNC(=O)C1(N2CCC[C@H]2C(=O)N2CCOCC2)COC1. The molecular formula is C14H23N3O4. The molecule has 3 heterocycles. The highest BCUT2D eigenvalue weighted by Gasteiger charge is 2.55. The minimum atomic E-state index is -0.655. The predicted octanol–water partition coefficient (Wildman–Crippen LogP) is -1.18. The van der Waals surface area contributed by atoms with Crippen molar-refractivity contribution in [3.63, 3.8) is 0 Å². The first-order valence-electron chi connectivity index (χ1n) is 7.62. The molecule has 1 atom stereocenters. The molecule has 118 valence electrons. The van der Waals surface area contributed by atoms with Crippen LogP contribution in [0.5, 0.6) is 0 Å². The second kappa shape index (κ2) is 5.90. The van der Waals surface area contributed by atoms with Crippen LogP contribution in [-0.2, 0) is 19.1 Å². The summed E-state index contributed by atoms with van der Waals surface area (Å²) in [6, 6.07) is -0.204. The highest BCUT2D eigenvalue weighted by Crippen LogP contribution is 2.33. The first-order chi connectivity index (χ1) is 10.2. The lowest BCUT2D eigenvalue weighted by atomic mass is 9.92. The number of carbonyl (C=O) groups is 2. The smallest absolute Gasteiger partial charge is 0.245 e. The Morgan fingerprint density at radius 2 is 1.86 bits per heavy atom. The topological polar surface area (TPSA) is 71.1 Å². The third-order valence-corrected chi connectivity index (χ3v) is 4.74. The molecule has 3 fully saturated rings. The maximum absolute atomic E-state index is 12.8. The van der Waals surface area contributed by atoms with E-state index < -0.39 is 5.54 Å². The van der Waals surface area contributed by atoms with Crippen LogP contribution in [0.2, 0.25) is 0 Å². The minimum absolute atomic E-state index is 0.0459. The molecule has 0 saturated carbocycles. The van der Waals surface area contributed by atoms with E-state index in [1.165, 1.54) is 0 Å². The third kappa shape index (κ3) is 2.43. The molecule has 0 aliphatic carbocycles. The van der Waals surface area contributed by atoms with Crippen LogP contribution in [0, 0.1) is 0 Å². The molecule has 3 saturated heterocycles. The van der Waals surface area contributed by atoms with E-state index in [0.717, 1.165) is 19.4 Å². The van der Waals surface area contributed by atoms with E-state index in [9.17, 15) is 9.59 Å². The number of rotatable bonds is 3. The zero-order valence-corrected chi connectivity index (χ0v) is 12.5. The van der Waals surface area contributed by atoms with Gasteiger partial charge >= 0.3 is 0 Å². The summed E-state index contributed by atoms with van der Waals surface area (Å²) in [5, 5.41) is 2.72. The van der Waals surface area contributed by atoms with Crippen molar-refractivity contribution < 1.29 is 19.1 Å². The van der Waals surface area contributed by atoms with Crippen molar-refractivity contribution in [1.29, 1.82) is 0 Å². The Labute approximate surface area is 124 Å². The first-order valence-corrected chi connectivity index (χ1v) is 7.62. The first kappa shape index (κ1) is 14.7. The van der Waals surface area contributed by atoms with E-state index in [2.05, 4.69) is 10.2 Å². The molecule has 3 rings (SSSR count). The predicted molar refractivity (Wildman–Crippen MR) is 74.7 cm³/mol. The lowest BCUT2D eigenvalue weighted by Gasteiger charge is -2.48. The van der Waals surface area contributed by atoms with Crippen molar-refractivity contribution in [3.05, 3.63) is 0 Å². The highest BCUT2D eigenvalue weighted by molar-refractivity contribution is 5.89. The number of carbonyl (C=O) groups excluding carboxylic acids is 2. The maximum Gasteiger partial charge on any atom is 0.245 e. The molecule has 0 aromatic heterocycles. The molecular weight excluding hydrogens is 274 g/mol. The number of likely N-dealkylation sites (N-methyl/N-ethyl adjacent to an activating group) is 1. The number of hydrogen-bond donors (Lipinski definition) is 1. The number of amides is 2. The summed E-state index contributed by atoms with van der Waals surface area (Å²) in [5.74, 6) is 0.0846. The summed E-state index contributed by atoms with van der Waals surface area (Å²) in [6.07, 6.45) is 1.76. The summed E-state index contributed by atoms with van der Waals surface area (Å²) >= 11 is 0. The van der Waals surface area contributed by atoms with Crippen molar-refractivity contribution in [2.75, 3.05) is 53.1 Å². The van der Waals surface area contributed by atoms with Gasteiger partial charge in [-0.25, -0.2) is 0 Å². The molecule has 0 spiro atoms. The van der Waals surface area contributed by atoms with Crippen LogP contribution in [0.1, 0.15) is 12.8 Å². The molecule has 0 bridgehead atoms. The highest BCUT2D eigenvalue weighted by atomic mass is 16.5. The molecule has 1 N–H and O–H groups in total. The summed E-state index contributed by atoms with van der Waals surface area (Å²) in [5.41, 5.74) is -0.655. The van der Waals surface area contributed by atoms with Gasteiger partial charge in [0.2, 0.25) is 11.8 Å². The molecule has 7 nitrogen and oxygen atoms in total. The Bertz CT molecular complexity index is 418. The van der Waals surface area contributed by atoms with Crippen molar-refractivity contribution >= 4 is 11.8 Å². The van der Waals surface area contributed by atoms with Gasteiger partial charge in [-0.2, -0.15) is 0 Å². The Balaban J connectivity index is 1.75. The van der Waals surface area contributed by atoms with E-state index >= 15 is 0 Å². The summed E-state index contributed by atoms with van der Waals surface area (Å²) in [4.78, 5) is 29.0. The van der Waals surface area contributed by atoms with Gasteiger partial charge in [-0.15, -0.1) is 0 Å². The number of hydrogen-bond acceptors (Lipinski definition) is 5. The monoisotopic (exact) mass is 297 g/mol. The van der Waals surface area contributed by atoms with Crippen LogP contribution in [-0.4, -0.2) is 86.3 Å². The van der Waals surface area contributed by atoms with Crippen LogP contribution in [0.15, 0.2) is 0 Å². The number of nitrogens with zero attached hydrogens (tertiary/aromatic N) is 2. The Morgan fingerprint density at radius 1 is 1.14 bits per heavy atom. The zero-order chi connectivity index (χ0) is 14.9. The van der Waals surface area contributed by atoms with Gasteiger partial charge in [-0.05, 0) is 12.8 Å². The van der Waals surface area contributed by atoms with Gasteiger partial charge in [0.25, 0.3) is 0 Å². The fourth-order valence-corrected chi connectivity index (χ4v) is 3.49. The van der Waals surface area contributed by atoms with Crippen LogP contribution < -0.4 is 5.32 Å². The number of ether oxygens (including phenoxy) is 2. The van der Waals surface area contributed by atoms with Crippen molar-refractivity contribution in [2.45, 2.75) is 24.4 Å². The van der Waals surface area contributed by atoms with E-state index in [-0.39, 0.29) is 17.9 Å². The zero-order valence-electron chi connectivity index (χ0n) is 12.5. The summed E-state index contributed by atoms with van der Waals surface area (Å²) < 4.78 is 10.6. The second-order valence-electron chi connectivity index (χ2n) is 5.89. The largest absolute Gasteiger partial charge is 0.378 e. The van der Waals surface area contributed by atoms with E-state index in [1.807, 2.05) is 4.90 Å². The minimum Gasteiger partial charge on any atom is -0.378 e. The van der Waals surface area contributed by atoms with Gasteiger partial charge in [0.1, 0.15) is 5.54 Å².